The molecule has 0 radical (unpaired) electrons. The highest BCUT2D eigenvalue weighted by atomic mass is 16.6. The molecule has 0 aliphatic carbocycles. The van der Waals surface area contributed by atoms with Crippen LogP contribution in [-0.4, -0.2) is 34.4 Å². The van der Waals surface area contributed by atoms with Crippen LogP contribution in [-0.2, 0) is 6.42 Å². The molecule has 0 aliphatic rings. The molecule has 21 heavy (non-hydrogen) atoms. The predicted molar refractivity (Wildman–Crippen MR) is 77.3 cm³/mol. The van der Waals surface area contributed by atoms with Crippen molar-refractivity contribution in [1.29, 1.82) is 0 Å². The van der Waals surface area contributed by atoms with Crippen molar-refractivity contribution in [2.75, 3.05) is 18.9 Å². The second-order valence-electron chi connectivity index (χ2n) is 4.28. The lowest BCUT2D eigenvalue weighted by Crippen LogP contribution is -2.26. The number of aromatic nitrogens is 2. The number of nitrogens with one attached hydrogen (secondary N) is 3. The van der Waals surface area contributed by atoms with Crippen molar-refractivity contribution in [3.8, 4) is 0 Å². The first-order valence-electron chi connectivity index (χ1n) is 6.34. The number of nitro groups is 1. The molecule has 0 unspecified atom stereocenters. The summed E-state index contributed by atoms with van der Waals surface area (Å²) in [6.45, 7) is 0.397. The van der Waals surface area contributed by atoms with Gasteiger partial charge in [-0.15, -0.1) is 0 Å². The molecule has 110 valence electrons. The molecule has 2 aromatic rings. The van der Waals surface area contributed by atoms with Gasteiger partial charge in [-0.3, -0.25) is 14.9 Å². The van der Waals surface area contributed by atoms with Gasteiger partial charge >= 0.3 is 0 Å². The van der Waals surface area contributed by atoms with Crippen molar-refractivity contribution >= 4 is 17.3 Å². The molecule has 8 nitrogen and oxygen atoms in total. The summed E-state index contributed by atoms with van der Waals surface area (Å²) in [5.74, 6) is 0.416. The van der Waals surface area contributed by atoms with Gasteiger partial charge in [-0.25, -0.2) is 4.98 Å². The van der Waals surface area contributed by atoms with Crippen molar-refractivity contribution in [3.63, 3.8) is 0 Å². The average Bonchev–Trinajstić information content (AvgIpc) is 2.99. The smallest absolute Gasteiger partial charge is 0.293 e. The zero-order valence-electron chi connectivity index (χ0n) is 11.4. The minimum absolute atomic E-state index is 0.129. The van der Waals surface area contributed by atoms with Crippen LogP contribution < -0.4 is 10.6 Å². The molecule has 8 heteroatoms. The van der Waals surface area contributed by atoms with Crippen molar-refractivity contribution in [2.45, 2.75) is 6.42 Å². The van der Waals surface area contributed by atoms with E-state index in [1.165, 1.54) is 12.1 Å². The first-order valence-corrected chi connectivity index (χ1v) is 6.34. The summed E-state index contributed by atoms with van der Waals surface area (Å²) in [5, 5.41) is 16.4. The molecule has 3 N–H and O–H groups in total. The highest BCUT2D eigenvalue weighted by Gasteiger charge is 2.16. The van der Waals surface area contributed by atoms with Crippen LogP contribution in [0.25, 0.3) is 0 Å². The number of amides is 1. The fraction of sp³-hybridized carbons (Fsp3) is 0.231. The van der Waals surface area contributed by atoms with Gasteiger partial charge in [-0.05, 0) is 12.1 Å². The number of imidazole rings is 1. The van der Waals surface area contributed by atoms with Gasteiger partial charge in [0.05, 0.1) is 4.92 Å². The summed E-state index contributed by atoms with van der Waals surface area (Å²) in [5.41, 5.74) is 0.489. The van der Waals surface area contributed by atoms with E-state index in [0.29, 0.717) is 18.7 Å². The first kappa shape index (κ1) is 14.5. The molecular weight excluding hydrogens is 274 g/mol. The summed E-state index contributed by atoms with van der Waals surface area (Å²) in [7, 11) is 1.59. The van der Waals surface area contributed by atoms with E-state index in [4.69, 9.17) is 0 Å². The third-order valence-electron chi connectivity index (χ3n) is 2.93. The lowest BCUT2D eigenvalue weighted by Gasteiger charge is -2.06. The number of hydrogen-bond donors (Lipinski definition) is 3. The molecule has 0 fully saturated rings. The maximum atomic E-state index is 12.0. The molecular formula is C13H15N5O3. The number of benzene rings is 1. The first-order chi connectivity index (χ1) is 10.1. The Kier molecular flexibility index (Phi) is 4.50. The van der Waals surface area contributed by atoms with Crippen LogP contribution in [0.3, 0.4) is 0 Å². The zero-order valence-corrected chi connectivity index (χ0v) is 11.4. The minimum atomic E-state index is -0.522. The molecule has 1 aromatic heterocycles. The van der Waals surface area contributed by atoms with Crippen LogP contribution in [0.4, 0.5) is 11.4 Å². The van der Waals surface area contributed by atoms with Gasteiger partial charge in [0.2, 0.25) is 0 Å². The Labute approximate surface area is 120 Å². The summed E-state index contributed by atoms with van der Waals surface area (Å²) < 4.78 is 0. The van der Waals surface area contributed by atoms with E-state index in [2.05, 4.69) is 20.6 Å². The third-order valence-corrected chi connectivity index (χ3v) is 2.93. The lowest BCUT2D eigenvalue weighted by atomic mass is 10.1. The van der Waals surface area contributed by atoms with Gasteiger partial charge in [-0.2, -0.15) is 0 Å². The Morgan fingerprint density at radius 3 is 2.90 bits per heavy atom. The Balaban J connectivity index is 2.01. The summed E-state index contributed by atoms with van der Waals surface area (Å²) >= 11 is 0. The average molecular weight is 289 g/mol. The Bertz CT molecular complexity index is 639. The van der Waals surface area contributed by atoms with Gasteiger partial charge in [0, 0.05) is 44.0 Å². The fourth-order valence-corrected chi connectivity index (χ4v) is 1.87. The highest BCUT2D eigenvalue weighted by Crippen LogP contribution is 2.24. The zero-order chi connectivity index (χ0) is 15.2. The molecule has 0 spiro atoms. The quantitative estimate of drug-likeness (QED) is 0.548. The van der Waals surface area contributed by atoms with Gasteiger partial charge < -0.3 is 15.6 Å². The molecule has 2 rings (SSSR count). The van der Waals surface area contributed by atoms with Gasteiger partial charge in [0.15, 0.2) is 0 Å². The Morgan fingerprint density at radius 2 is 2.29 bits per heavy atom. The molecule has 0 saturated carbocycles. The number of rotatable bonds is 6. The number of carbonyl (C=O) groups excluding carboxylic acids is 1. The van der Waals surface area contributed by atoms with Gasteiger partial charge in [0.25, 0.3) is 11.6 Å². The van der Waals surface area contributed by atoms with E-state index in [-0.39, 0.29) is 17.2 Å². The standard InChI is InChI=1S/C13H15N5O3/c1-14-10-3-2-9(8-11(10)18(20)21)13(19)17-5-4-12-15-6-7-16-12/h2-3,6-8,14H,4-5H2,1H3,(H,15,16)(H,17,19). The van der Waals surface area contributed by atoms with E-state index in [1.807, 2.05) is 0 Å². The van der Waals surface area contributed by atoms with Crippen LogP contribution in [0.5, 0.6) is 0 Å². The van der Waals surface area contributed by atoms with E-state index in [0.717, 1.165) is 5.82 Å². The largest absolute Gasteiger partial charge is 0.383 e. The SMILES string of the molecule is CNc1ccc(C(=O)NCCc2ncc[nH]2)cc1[N+](=O)[O-]. The number of nitrogens with zero attached hydrogens (tertiary/aromatic N) is 2. The monoisotopic (exact) mass is 289 g/mol. The Morgan fingerprint density at radius 1 is 1.48 bits per heavy atom. The van der Waals surface area contributed by atoms with Crippen LogP contribution >= 0.6 is 0 Å². The number of anilines is 1. The van der Waals surface area contributed by atoms with Gasteiger partial charge in [0.1, 0.15) is 11.5 Å². The molecule has 0 saturated heterocycles. The van der Waals surface area contributed by atoms with Crippen molar-refractivity contribution in [3.05, 3.63) is 52.1 Å². The maximum Gasteiger partial charge on any atom is 0.293 e. The van der Waals surface area contributed by atoms with E-state index in [1.54, 1.807) is 25.5 Å². The number of H-pyrrole nitrogens is 1. The number of aromatic amines is 1. The van der Waals surface area contributed by atoms with Gasteiger partial charge in [-0.1, -0.05) is 0 Å². The summed E-state index contributed by atoms with van der Waals surface area (Å²) in [6.07, 6.45) is 3.91. The second kappa shape index (κ2) is 6.51. The molecule has 0 atom stereocenters. The fourth-order valence-electron chi connectivity index (χ4n) is 1.87. The maximum absolute atomic E-state index is 12.0. The van der Waals surface area contributed by atoms with Crippen LogP contribution in [0.15, 0.2) is 30.6 Å². The van der Waals surface area contributed by atoms with Crippen LogP contribution in [0, 0.1) is 10.1 Å². The number of nitro benzene ring substituents is 1. The predicted octanol–water partition coefficient (Wildman–Crippen LogP) is 1.33. The summed E-state index contributed by atoms with van der Waals surface area (Å²) in [4.78, 5) is 29.4. The normalized spacial score (nSPS) is 10.1. The Hall–Kier alpha value is -2.90. The van der Waals surface area contributed by atoms with E-state index < -0.39 is 4.92 Å². The second-order valence-corrected chi connectivity index (χ2v) is 4.28. The minimum Gasteiger partial charge on any atom is -0.383 e. The molecule has 1 amide bonds. The van der Waals surface area contributed by atoms with Crippen molar-refractivity contribution in [2.24, 2.45) is 0 Å². The summed E-state index contributed by atoms with van der Waals surface area (Å²) in [6, 6.07) is 4.31. The number of carbonyl (C=O) groups is 1. The lowest BCUT2D eigenvalue weighted by molar-refractivity contribution is -0.384. The highest BCUT2D eigenvalue weighted by molar-refractivity contribution is 5.95. The topological polar surface area (TPSA) is 113 Å². The molecule has 0 bridgehead atoms. The van der Waals surface area contributed by atoms with Crippen molar-refractivity contribution < 1.29 is 9.72 Å². The molecule has 1 aromatic carbocycles. The van der Waals surface area contributed by atoms with Crippen molar-refractivity contribution in [1.82, 2.24) is 15.3 Å². The van der Waals surface area contributed by atoms with E-state index in [9.17, 15) is 14.9 Å². The van der Waals surface area contributed by atoms with E-state index >= 15 is 0 Å². The molecule has 0 aliphatic heterocycles. The third kappa shape index (κ3) is 3.56. The number of hydrogen-bond acceptors (Lipinski definition) is 5. The van der Waals surface area contributed by atoms with Crippen LogP contribution in [0.1, 0.15) is 16.2 Å². The molecule has 1 heterocycles. The van der Waals surface area contributed by atoms with Crippen LogP contribution in [0.2, 0.25) is 0 Å².